The van der Waals surface area contributed by atoms with E-state index in [1.807, 2.05) is 26.0 Å². The average molecular weight is 503 g/mol. The molecule has 3 aliphatic rings. The second-order valence-electron chi connectivity index (χ2n) is 11.4. The standard InChI is InChI=1S/C30H46O6/c1-20(2)7-5-8-22(18-33)15-24-16-23(19-34)26-11-13-30(28(26)36-24)27(9-6-14-31)25(21(3)17-32)10-12-29(30,4)35/h7,15-17,24,26-28,31,33-35H,5-6,8-14,18-19H2,1-4H3. The maximum Gasteiger partial charge on any atom is 0.145 e. The van der Waals surface area contributed by atoms with Gasteiger partial charge in [-0.3, -0.25) is 4.79 Å². The van der Waals surface area contributed by atoms with E-state index in [2.05, 4.69) is 19.9 Å². The lowest BCUT2D eigenvalue weighted by atomic mass is 9.52. The highest BCUT2D eigenvalue weighted by molar-refractivity contribution is 5.74. The van der Waals surface area contributed by atoms with Gasteiger partial charge in [-0.15, -0.1) is 0 Å². The molecule has 36 heavy (non-hydrogen) atoms. The summed E-state index contributed by atoms with van der Waals surface area (Å²) < 4.78 is 6.78. The fourth-order valence-corrected chi connectivity index (χ4v) is 7.13. The number of ether oxygens (including phenoxy) is 1. The molecule has 0 bridgehead atoms. The van der Waals surface area contributed by atoms with E-state index in [1.54, 1.807) is 0 Å². The van der Waals surface area contributed by atoms with Gasteiger partial charge >= 0.3 is 0 Å². The molecule has 3 rings (SSSR count). The molecular weight excluding hydrogens is 456 g/mol. The number of aliphatic hydroxyl groups excluding tert-OH is 3. The van der Waals surface area contributed by atoms with Crippen molar-refractivity contribution in [3.63, 3.8) is 0 Å². The number of allylic oxidation sites excluding steroid dienone is 4. The molecule has 2 fully saturated rings. The molecule has 6 heteroatoms. The van der Waals surface area contributed by atoms with Gasteiger partial charge in [-0.2, -0.15) is 0 Å². The van der Waals surface area contributed by atoms with Crippen LogP contribution in [0.2, 0.25) is 0 Å². The highest BCUT2D eigenvalue weighted by Crippen LogP contribution is 2.64. The Morgan fingerprint density at radius 2 is 1.94 bits per heavy atom. The Labute approximate surface area is 216 Å². The van der Waals surface area contributed by atoms with E-state index in [1.165, 1.54) is 5.57 Å². The van der Waals surface area contributed by atoms with Crippen LogP contribution in [0.3, 0.4) is 0 Å². The highest BCUT2D eigenvalue weighted by Gasteiger charge is 2.65. The van der Waals surface area contributed by atoms with Crippen LogP contribution < -0.4 is 0 Å². The lowest BCUT2D eigenvalue weighted by Crippen LogP contribution is -2.61. The average Bonchev–Trinajstić information content (AvgIpc) is 3.24. The van der Waals surface area contributed by atoms with Gasteiger partial charge in [0.2, 0.25) is 0 Å². The minimum absolute atomic E-state index is 0.0121. The van der Waals surface area contributed by atoms with Crippen molar-refractivity contribution >= 4 is 6.29 Å². The molecule has 6 atom stereocenters. The smallest absolute Gasteiger partial charge is 0.145 e. The highest BCUT2D eigenvalue weighted by atomic mass is 16.5. The molecule has 0 aromatic carbocycles. The first-order valence-corrected chi connectivity index (χ1v) is 13.5. The van der Waals surface area contributed by atoms with Crippen LogP contribution in [0.1, 0.15) is 79.1 Å². The minimum atomic E-state index is -1.02. The molecule has 202 valence electrons. The Morgan fingerprint density at radius 1 is 1.19 bits per heavy atom. The SMILES string of the molecule is CC(C)=CCCC(=CC1C=C(CO)C2CCC3(C(CCCO)C(=C(C)C=O)CCC3(C)O)C2O1)CO. The first-order valence-electron chi connectivity index (χ1n) is 13.5. The Kier molecular flexibility index (Phi) is 9.92. The molecule has 6 nitrogen and oxygen atoms in total. The number of hydrogen-bond donors (Lipinski definition) is 4. The van der Waals surface area contributed by atoms with E-state index >= 15 is 0 Å². The summed E-state index contributed by atoms with van der Waals surface area (Å²) in [6.07, 6.45) is 11.8. The summed E-state index contributed by atoms with van der Waals surface area (Å²) in [7, 11) is 0. The van der Waals surface area contributed by atoms with E-state index in [0.29, 0.717) is 31.3 Å². The van der Waals surface area contributed by atoms with E-state index in [0.717, 1.165) is 48.7 Å². The van der Waals surface area contributed by atoms with E-state index in [4.69, 9.17) is 4.74 Å². The van der Waals surface area contributed by atoms with Crippen LogP contribution in [0.4, 0.5) is 0 Å². The van der Waals surface area contributed by atoms with Gasteiger partial charge in [0, 0.05) is 17.9 Å². The summed E-state index contributed by atoms with van der Waals surface area (Å²) in [5.74, 6) is -0.104. The zero-order valence-corrected chi connectivity index (χ0v) is 22.5. The lowest BCUT2D eigenvalue weighted by molar-refractivity contribution is -0.190. The van der Waals surface area contributed by atoms with Crippen molar-refractivity contribution < 1.29 is 30.0 Å². The molecule has 0 aromatic rings. The van der Waals surface area contributed by atoms with E-state index < -0.39 is 17.1 Å². The molecule has 2 aliphatic carbocycles. The van der Waals surface area contributed by atoms with Gasteiger partial charge < -0.3 is 25.2 Å². The first-order chi connectivity index (χ1) is 17.1. The van der Waals surface area contributed by atoms with Crippen LogP contribution in [-0.2, 0) is 9.53 Å². The predicted molar refractivity (Wildman–Crippen MR) is 141 cm³/mol. The second kappa shape index (κ2) is 12.3. The maximum atomic E-state index is 11.9. The van der Waals surface area contributed by atoms with Gasteiger partial charge in [0.05, 0.1) is 31.0 Å². The Hall–Kier alpha value is -1.57. The third kappa shape index (κ3) is 5.63. The fourth-order valence-electron chi connectivity index (χ4n) is 7.13. The Morgan fingerprint density at radius 3 is 2.56 bits per heavy atom. The van der Waals surface area contributed by atoms with Crippen molar-refractivity contribution in [3.05, 3.63) is 46.1 Å². The summed E-state index contributed by atoms with van der Waals surface area (Å²) in [5.41, 5.74) is 3.18. The van der Waals surface area contributed by atoms with Gasteiger partial charge in [-0.25, -0.2) is 0 Å². The first kappa shape index (κ1) is 29.0. The molecule has 2 saturated carbocycles. The number of hydrogen-bond acceptors (Lipinski definition) is 6. The number of aldehydes is 1. The van der Waals surface area contributed by atoms with Gasteiger partial charge in [-0.05, 0) is 102 Å². The van der Waals surface area contributed by atoms with Gasteiger partial charge in [0.1, 0.15) is 6.29 Å². The van der Waals surface area contributed by atoms with Crippen LogP contribution in [0.5, 0.6) is 0 Å². The van der Waals surface area contributed by atoms with Crippen LogP contribution in [0.15, 0.2) is 46.1 Å². The van der Waals surface area contributed by atoms with Crippen LogP contribution in [0.25, 0.3) is 0 Å². The van der Waals surface area contributed by atoms with Crippen molar-refractivity contribution in [1.82, 2.24) is 0 Å². The topological polar surface area (TPSA) is 107 Å². The molecule has 1 spiro atoms. The molecule has 4 N–H and O–H groups in total. The maximum absolute atomic E-state index is 11.9. The zero-order chi connectivity index (χ0) is 26.5. The number of fused-ring (bicyclic) bond motifs is 2. The van der Waals surface area contributed by atoms with Crippen molar-refractivity contribution in [3.8, 4) is 0 Å². The molecular formula is C30H46O6. The fraction of sp³-hybridized carbons (Fsp3) is 0.700. The molecule has 6 unspecified atom stereocenters. The third-order valence-electron chi connectivity index (χ3n) is 8.96. The molecule has 0 aromatic heterocycles. The molecule has 1 aliphatic heterocycles. The largest absolute Gasteiger partial charge is 0.396 e. The van der Waals surface area contributed by atoms with Gasteiger partial charge in [0.25, 0.3) is 0 Å². The minimum Gasteiger partial charge on any atom is -0.396 e. The van der Waals surface area contributed by atoms with Crippen molar-refractivity contribution in [2.24, 2.45) is 17.3 Å². The normalized spacial score (nSPS) is 35.9. The number of carbonyl (C=O) groups is 1. The predicted octanol–water partition coefficient (Wildman–Crippen LogP) is 4.18. The summed E-state index contributed by atoms with van der Waals surface area (Å²) in [6, 6.07) is 0. The molecule has 0 saturated heterocycles. The summed E-state index contributed by atoms with van der Waals surface area (Å²) in [4.78, 5) is 11.8. The van der Waals surface area contributed by atoms with Crippen molar-refractivity contribution in [2.45, 2.75) is 96.9 Å². The van der Waals surface area contributed by atoms with Gasteiger partial charge in [0.15, 0.2) is 0 Å². The van der Waals surface area contributed by atoms with Gasteiger partial charge in [-0.1, -0.05) is 29.4 Å². The van der Waals surface area contributed by atoms with E-state index in [9.17, 15) is 25.2 Å². The number of carbonyl (C=O) groups excluding carboxylic acids is 1. The number of rotatable bonds is 10. The second-order valence-corrected chi connectivity index (χ2v) is 11.4. The van der Waals surface area contributed by atoms with Crippen molar-refractivity contribution in [1.29, 1.82) is 0 Å². The Bertz CT molecular complexity index is 906. The monoisotopic (exact) mass is 502 g/mol. The lowest BCUT2D eigenvalue weighted by Gasteiger charge is -2.57. The zero-order valence-electron chi connectivity index (χ0n) is 22.5. The summed E-state index contributed by atoms with van der Waals surface area (Å²) in [6.45, 7) is 7.78. The van der Waals surface area contributed by atoms with Crippen LogP contribution >= 0.6 is 0 Å². The number of aliphatic hydroxyl groups is 4. The van der Waals surface area contributed by atoms with Crippen LogP contribution in [-0.4, -0.2) is 64.3 Å². The van der Waals surface area contributed by atoms with E-state index in [-0.39, 0.29) is 37.8 Å². The Balaban J connectivity index is 2.05. The summed E-state index contributed by atoms with van der Waals surface area (Å²) >= 11 is 0. The third-order valence-corrected chi connectivity index (χ3v) is 8.96. The van der Waals surface area contributed by atoms with Crippen LogP contribution in [0, 0.1) is 17.3 Å². The quantitative estimate of drug-likeness (QED) is 0.203. The molecule has 0 radical (unpaired) electrons. The van der Waals surface area contributed by atoms with Crippen molar-refractivity contribution in [2.75, 3.05) is 19.8 Å². The molecule has 1 heterocycles. The summed E-state index contributed by atoms with van der Waals surface area (Å²) in [5, 5.41) is 41.9. The molecule has 0 amide bonds.